The van der Waals surface area contributed by atoms with Crippen molar-refractivity contribution >= 4 is 23.8 Å². The highest BCUT2D eigenvalue weighted by molar-refractivity contribution is 5.86. The molecule has 3 saturated heterocycles. The molecular weight excluding hydrogens is 906 g/mol. The molecule has 0 radical (unpaired) electrons. The fourth-order valence-corrected chi connectivity index (χ4v) is 7.49. The van der Waals surface area contributed by atoms with Gasteiger partial charge >= 0.3 is 6.09 Å². The molecule has 1 aromatic rings. The van der Waals surface area contributed by atoms with Crippen LogP contribution in [0.15, 0.2) is 30.3 Å². The number of amides is 4. The standard InChI is InChI=1S/C43H71N5O20/c1-23-30(51)33(54)36(57)40(66-23)62-17-14-44-28(49)20-48(21-29(50)45-15-18-63-41-37(58)34(55)31(52)24(2)67-41)27(12-8-5-9-13-47-43(61)65-22-26-10-6-4-7-11-26)39(60)46-16-19-64-42-38(59)35(56)32(53)25(3)68-42/h4,6-7,10-11,23-25,27,30-38,40-42,51-59H,5,8-9,12-22H2,1-3H3,(H,44,49)(H,45,50)(H,46,60)(H,47,61)/t23-,24-,25-,27-,30+,31+,32+,33+,34+,35+,36-,37-,38-,40+,41+,42+/m0/s1. The van der Waals surface area contributed by atoms with Crippen LogP contribution in [0.1, 0.15) is 52.0 Å². The van der Waals surface area contributed by atoms with E-state index < -0.39 is 135 Å². The Balaban J connectivity index is 1.39. The lowest BCUT2D eigenvalue weighted by molar-refractivity contribution is -0.292. The van der Waals surface area contributed by atoms with Crippen LogP contribution in [0, 0.1) is 0 Å². The van der Waals surface area contributed by atoms with Gasteiger partial charge in [-0.3, -0.25) is 19.3 Å². The Morgan fingerprint density at radius 2 is 0.971 bits per heavy atom. The number of nitrogens with one attached hydrogen (secondary N) is 4. The van der Waals surface area contributed by atoms with Gasteiger partial charge in [0.2, 0.25) is 17.7 Å². The molecule has 25 nitrogen and oxygen atoms in total. The van der Waals surface area contributed by atoms with Crippen molar-refractivity contribution in [1.29, 1.82) is 0 Å². The molecule has 13 N–H and O–H groups in total. The molecule has 0 aromatic heterocycles. The van der Waals surface area contributed by atoms with Crippen molar-refractivity contribution in [1.82, 2.24) is 26.2 Å². The Bertz CT molecular complexity index is 1620. The molecule has 1 aromatic carbocycles. The lowest BCUT2D eigenvalue weighted by Gasteiger charge is -2.39. The van der Waals surface area contributed by atoms with E-state index in [1.54, 1.807) is 0 Å². The van der Waals surface area contributed by atoms with E-state index >= 15 is 0 Å². The molecule has 3 aliphatic heterocycles. The largest absolute Gasteiger partial charge is 0.445 e. The minimum absolute atomic E-state index is 0.0863. The Kier molecular flexibility index (Phi) is 24.1. The highest BCUT2D eigenvalue weighted by Gasteiger charge is 2.44. The van der Waals surface area contributed by atoms with Crippen molar-refractivity contribution in [3.63, 3.8) is 0 Å². The molecule has 3 heterocycles. The molecule has 3 fully saturated rings. The van der Waals surface area contributed by atoms with E-state index in [1.807, 2.05) is 30.3 Å². The number of benzene rings is 1. The maximum absolute atomic E-state index is 14.0. The SMILES string of the molecule is C[C@@H]1O[C@@H](OCCNC(=O)CN(CC(=O)NCCO[C@@H]2O[C@@H](C)[C@@H](O)[C@@H](O)[C@@H]2O)[C@@H](CCCCCNC(=O)OCc2ccccc2)C(=O)NCCO[C@@H]2O[C@@H](C)[C@@H](O)[C@@H](O)[C@@H]2O)[C@@H](O)[C@H](O)[C@@H]1O. The molecule has 0 spiro atoms. The number of alkyl carbamates (subject to hydrolysis) is 1. The lowest BCUT2D eigenvalue weighted by Crippen LogP contribution is -2.58. The van der Waals surface area contributed by atoms with Gasteiger partial charge in [0, 0.05) is 26.2 Å². The van der Waals surface area contributed by atoms with E-state index in [9.17, 15) is 65.1 Å². The fourth-order valence-electron chi connectivity index (χ4n) is 7.49. The van der Waals surface area contributed by atoms with Gasteiger partial charge in [0.25, 0.3) is 0 Å². The average Bonchev–Trinajstić information content (AvgIpc) is 3.32. The second-order valence-corrected chi connectivity index (χ2v) is 16.9. The molecule has 4 rings (SSSR count). The average molecular weight is 978 g/mol. The molecule has 0 saturated carbocycles. The summed E-state index contributed by atoms with van der Waals surface area (Å²) in [5.41, 5.74) is 0.817. The summed E-state index contributed by atoms with van der Waals surface area (Å²) in [6.45, 7) is 2.74. The van der Waals surface area contributed by atoms with Crippen molar-refractivity contribution in [3.05, 3.63) is 35.9 Å². The first-order valence-electron chi connectivity index (χ1n) is 22.8. The van der Waals surface area contributed by atoms with Crippen LogP contribution in [0.2, 0.25) is 0 Å². The van der Waals surface area contributed by atoms with Gasteiger partial charge in [0.05, 0.1) is 57.3 Å². The summed E-state index contributed by atoms with van der Waals surface area (Å²) >= 11 is 0. The van der Waals surface area contributed by atoms with E-state index in [0.717, 1.165) is 5.56 Å². The quantitative estimate of drug-likeness (QED) is 0.0387. The number of rotatable bonds is 26. The number of unbranched alkanes of at least 4 members (excludes halogenated alkanes) is 2. The highest BCUT2D eigenvalue weighted by Crippen LogP contribution is 2.24. The Morgan fingerprint density at radius 3 is 1.41 bits per heavy atom. The van der Waals surface area contributed by atoms with E-state index in [1.165, 1.54) is 25.7 Å². The number of nitrogens with zero attached hydrogens (tertiary/aromatic N) is 1. The first-order valence-corrected chi connectivity index (χ1v) is 22.8. The molecule has 68 heavy (non-hydrogen) atoms. The molecule has 0 bridgehead atoms. The lowest BCUT2D eigenvalue weighted by atomic mass is 10.0. The van der Waals surface area contributed by atoms with Crippen molar-refractivity contribution in [2.24, 2.45) is 0 Å². The second kappa shape index (κ2) is 28.8. The van der Waals surface area contributed by atoms with Crippen molar-refractivity contribution in [3.8, 4) is 0 Å². The zero-order valence-corrected chi connectivity index (χ0v) is 38.5. The molecule has 16 atom stereocenters. The van der Waals surface area contributed by atoms with E-state index in [0.29, 0.717) is 19.3 Å². The zero-order valence-electron chi connectivity index (χ0n) is 38.5. The Labute approximate surface area is 393 Å². The minimum Gasteiger partial charge on any atom is -0.445 e. The summed E-state index contributed by atoms with van der Waals surface area (Å²) in [5, 5.41) is 102. The van der Waals surface area contributed by atoms with Crippen LogP contribution in [-0.4, -0.2) is 232 Å². The zero-order chi connectivity index (χ0) is 49.9. The number of aliphatic hydroxyl groups excluding tert-OH is 9. The molecule has 388 valence electrons. The monoisotopic (exact) mass is 977 g/mol. The smallest absolute Gasteiger partial charge is 0.407 e. The summed E-state index contributed by atoms with van der Waals surface area (Å²) in [7, 11) is 0. The van der Waals surface area contributed by atoms with E-state index in [-0.39, 0.29) is 59.0 Å². The summed E-state index contributed by atoms with van der Waals surface area (Å²) in [4.78, 5) is 54.5. The fraction of sp³-hybridized carbons (Fsp3) is 0.767. The normalized spacial score (nSPS) is 32.2. The minimum atomic E-state index is -1.58. The summed E-state index contributed by atoms with van der Waals surface area (Å²) in [6.07, 6.45) is -19.1. The third kappa shape index (κ3) is 17.6. The number of carbonyl (C=O) groups is 4. The van der Waals surface area contributed by atoms with Gasteiger partial charge in [-0.05, 0) is 39.2 Å². The van der Waals surface area contributed by atoms with Gasteiger partial charge in [-0.25, -0.2) is 4.79 Å². The van der Waals surface area contributed by atoms with Crippen LogP contribution in [0.3, 0.4) is 0 Å². The van der Waals surface area contributed by atoms with Gasteiger partial charge in [0.1, 0.15) is 61.5 Å². The Morgan fingerprint density at radius 1 is 0.544 bits per heavy atom. The number of aliphatic hydroxyl groups is 9. The highest BCUT2D eigenvalue weighted by atomic mass is 16.7. The van der Waals surface area contributed by atoms with Gasteiger partial charge in [-0.15, -0.1) is 0 Å². The van der Waals surface area contributed by atoms with Crippen LogP contribution in [0.25, 0.3) is 0 Å². The molecule has 4 amide bonds. The van der Waals surface area contributed by atoms with E-state index in [4.69, 9.17) is 33.2 Å². The number of hydrogen-bond donors (Lipinski definition) is 13. The van der Waals surface area contributed by atoms with Crippen LogP contribution >= 0.6 is 0 Å². The van der Waals surface area contributed by atoms with E-state index in [2.05, 4.69) is 21.3 Å². The summed E-state index contributed by atoms with van der Waals surface area (Å²) in [6, 6.07) is 8.00. The maximum Gasteiger partial charge on any atom is 0.407 e. The van der Waals surface area contributed by atoms with Gasteiger partial charge in [-0.2, -0.15) is 0 Å². The Hall–Kier alpha value is -3.74. The van der Waals surface area contributed by atoms with Crippen LogP contribution < -0.4 is 21.3 Å². The number of ether oxygens (including phenoxy) is 7. The molecule has 25 heteroatoms. The first kappa shape index (κ1) is 56.8. The molecule has 0 aliphatic carbocycles. The van der Waals surface area contributed by atoms with Gasteiger partial charge in [-0.1, -0.05) is 43.2 Å². The molecule has 0 unspecified atom stereocenters. The predicted molar refractivity (Wildman–Crippen MR) is 232 cm³/mol. The topological polar surface area (TPSA) is 366 Å². The third-order valence-electron chi connectivity index (χ3n) is 11.6. The predicted octanol–water partition coefficient (Wildman–Crippen LogP) is -4.98. The number of carbonyl (C=O) groups excluding carboxylic acids is 4. The third-order valence-corrected chi connectivity index (χ3v) is 11.6. The van der Waals surface area contributed by atoms with Gasteiger partial charge < -0.3 is 100 Å². The van der Waals surface area contributed by atoms with Crippen LogP contribution in [0.5, 0.6) is 0 Å². The van der Waals surface area contributed by atoms with Crippen LogP contribution in [0.4, 0.5) is 4.79 Å². The summed E-state index contributed by atoms with van der Waals surface area (Å²) in [5.74, 6) is -1.90. The van der Waals surface area contributed by atoms with Crippen molar-refractivity contribution < 1.29 is 98.3 Å². The first-order chi connectivity index (χ1) is 32.4. The molecule has 3 aliphatic rings. The van der Waals surface area contributed by atoms with Gasteiger partial charge in [0.15, 0.2) is 18.9 Å². The second-order valence-electron chi connectivity index (χ2n) is 16.9. The maximum atomic E-state index is 14.0. The van der Waals surface area contributed by atoms with Crippen LogP contribution in [-0.2, 0) is 54.1 Å². The number of hydrogen-bond acceptors (Lipinski definition) is 21. The van der Waals surface area contributed by atoms with Crippen molar-refractivity contribution in [2.45, 2.75) is 151 Å². The molecular formula is C43H71N5O20. The summed E-state index contributed by atoms with van der Waals surface area (Å²) < 4.78 is 38.1. The van der Waals surface area contributed by atoms with Crippen molar-refractivity contribution in [2.75, 3.05) is 59.1 Å².